The number of rotatable bonds is 5. The van der Waals surface area contributed by atoms with Crippen molar-refractivity contribution in [1.82, 2.24) is 5.32 Å². The third kappa shape index (κ3) is 6.44. The van der Waals surface area contributed by atoms with E-state index in [2.05, 4.69) is 28.2 Å². The molecule has 2 heteroatoms. The summed E-state index contributed by atoms with van der Waals surface area (Å²) in [4.78, 5) is 0. The number of alkyl halides is 1. The Morgan fingerprint density at radius 1 is 1.38 bits per heavy atom. The van der Waals surface area contributed by atoms with Crippen molar-refractivity contribution >= 4 is 15.9 Å². The van der Waals surface area contributed by atoms with E-state index in [0.717, 1.165) is 11.9 Å². The van der Waals surface area contributed by atoms with E-state index < -0.39 is 0 Å². The molecular weight excluding hydrogens is 166 g/mol. The first-order valence-electron chi connectivity index (χ1n) is 3.18. The van der Waals surface area contributed by atoms with Crippen LogP contribution < -0.4 is 5.32 Å². The van der Waals surface area contributed by atoms with Crippen molar-refractivity contribution in [2.45, 2.75) is 19.8 Å². The van der Waals surface area contributed by atoms with E-state index in [-0.39, 0.29) is 0 Å². The molecule has 8 heavy (non-hydrogen) atoms. The maximum absolute atomic E-state index is 3.37. The van der Waals surface area contributed by atoms with Gasteiger partial charge in [-0.15, -0.1) is 0 Å². The highest BCUT2D eigenvalue weighted by Crippen LogP contribution is 1.90. The Kier molecular flexibility index (Phi) is 7.85. The number of hydrogen-bond acceptors (Lipinski definition) is 1. The highest BCUT2D eigenvalue weighted by Gasteiger charge is 1.82. The number of unbranched alkanes of at least 4 members (excludes halogenated alkanes) is 1. The van der Waals surface area contributed by atoms with E-state index in [4.69, 9.17) is 0 Å². The second kappa shape index (κ2) is 7.44. The van der Waals surface area contributed by atoms with Gasteiger partial charge < -0.3 is 5.32 Å². The summed E-state index contributed by atoms with van der Waals surface area (Å²) in [5.41, 5.74) is 0. The first-order valence-corrected chi connectivity index (χ1v) is 4.30. The predicted octanol–water partition coefficient (Wildman–Crippen LogP) is 1.77. The molecule has 0 radical (unpaired) electrons. The van der Waals surface area contributed by atoms with Crippen molar-refractivity contribution in [1.29, 1.82) is 0 Å². The quantitative estimate of drug-likeness (QED) is 0.502. The minimum atomic E-state index is 1.10. The van der Waals surface area contributed by atoms with Crippen molar-refractivity contribution in [2.24, 2.45) is 0 Å². The maximum atomic E-state index is 3.37. The topological polar surface area (TPSA) is 12.0 Å². The smallest absolute Gasteiger partial charge is 0.00317 e. The molecule has 0 heterocycles. The molecule has 0 aromatic carbocycles. The summed E-state index contributed by atoms with van der Waals surface area (Å²) in [5, 5.41) is 4.40. The fraction of sp³-hybridized carbons (Fsp3) is 1.00. The average molecular weight is 180 g/mol. The van der Waals surface area contributed by atoms with Gasteiger partial charge in [-0.1, -0.05) is 22.9 Å². The van der Waals surface area contributed by atoms with Crippen LogP contribution in [0.2, 0.25) is 0 Å². The van der Waals surface area contributed by atoms with Gasteiger partial charge in [0, 0.05) is 5.33 Å². The zero-order valence-corrected chi connectivity index (χ0v) is 7.00. The lowest BCUT2D eigenvalue weighted by molar-refractivity contribution is 0.667. The number of hydrogen-bond donors (Lipinski definition) is 1. The first-order chi connectivity index (χ1) is 3.91. The van der Waals surface area contributed by atoms with Crippen molar-refractivity contribution in [2.75, 3.05) is 18.4 Å². The molecule has 0 rings (SSSR count). The van der Waals surface area contributed by atoms with Gasteiger partial charge in [0.25, 0.3) is 0 Å². The Hall–Kier alpha value is 0.440. The lowest BCUT2D eigenvalue weighted by Gasteiger charge is -1.96. The third-order valence-corrected chi connectivity index (χ3v) is 1.55. The molecule has 0 bridgehead atoms. The Bertz CT molecular complexity index is 33.5. The minimum Gasteiger partial charge on any atom is -0.317 e. The van der Waals surface area contributed by atoms with E-state index in [1.165, 1.54) is 19.4 Å². The Labute approximate surface area is 60.0 Å². The van der Waals surface area contributed by atoms with Crippen LogP contribution in [0.25, 0.3) is 0 Å². The normalized spacial score (nSPS) is 9.75. The van der Waals surface area contributed by atoms with Crippen molar-refractivity contribution in [3.05, 3.63) is 0 Å². The number of halogens is 1. The van der Waals surface area contributed by atoms with E-state index in [9.17, 15) is 0 Å². The summed E-state index contributed by atoms with van der Waals surface area (Å²) in [5.74, 6) is 0. The van der Waals surface area contributed by atoms with Crippen LogP contribution in [0.3, 0.4) is 0 Å². The van der Waals surface area contributed by atoms with Crippen molar-refractivity contribution < 1.29 is 0 Å². The van der Waals surface area contributed by atoms with Crippen LogP contribution in [-0.4, -0.2) is 18.4 Å². The van der Waals surface area contributed by atoms with Crippen LogP contribution in [0, 0.1) is 0 Å². The molecule has 0 atom stereocenters. The molecule has 0 aliphatic rings. The van der Waals surface area contributed by atoms with E-state index >= 15 is 0 Å². The van der Waals surface area contributed by atoms with Crippen LogP contribution in [-0.2, 0) is 0 Å². The molecule has 0 saturated carbocycles. The van der Waals surface area contributed by atoms with Gasteiger partial charge in [-0.2, -0.15) is 0 Å². The summed E-state index contributed by atoms with van der Waals surface area (Å²) in [7, 11) is 0. The van der Waals surface area contributed by atoms with Crippen LogP contribution in [0.15, 0.2) is 0 Å². The van der Waals surface area contributed by atoms with Crippen LogP contribution >= 0.6 is 15.9 Å². The lowest BCUT2D eigenvalue weighted by atomic mass is 10.3. The van der Waals surface area contributed by atoms with Crippen LogP contribution in [0.4, 0.5) is 0 Å². The Balaban J connectivity index is 2.53. The fourth-order valence-corrected chi connectivity index (χ4v) is 0.918. The van der Waals surface area contributed by atoms with E-state index in [1.54, 1.807) is 0 Å². The second-order valence-corrected chi connectivity index (χ2v) is 2.54. The van der Waals surface area contributed by atoms with E-state index in [1.807, 2.05) is 0 Å². The molecule has 0 amide bonds. The summed E-state index contributed by atoms with van der Waals surface area (Å²) >= 11 is 3.37. The molecule has 0 spiro atoms. The zero-order chi connectivity index (χ0) is 6.24. The average Bonchev–Trinajstić information content (AvgIpc) is 1.81. The molecule has 50 valence electrons. The van der Waals surface area contributed by atoms with Gasteiger partial charge in [0.1, 0.15) is 0 Å². The Morgan fingerprint density at radius 3 is 2.62 bits per heavy atom. The molecule has 0 aromatic heterocycles. The van der Waals surface area contributed by atoms with Crippen molar-refractivity contribution in [3.63, 3.8) is 0 Å². The molecule has 0 aliphatic heterocycles. The molecule has 0 fully saturated rings. The predicted molar refractivity (Wildman–Crippen MR) is 41.6 cm³/mol. The minimum absolute atomic E-state index is 1.10. The van der Waals surface area contributed by atoms with Gasteiger partial charge in [0.15, 0.2) is 0 Å². The first kappa shape index (κ1) is 8.44. The summed E-state index contributed by atoms with van der Waals surface area (Å²) < 4.78 is 0. The molecule has 0 saturated heterocycles. The molecule has 0 aliphatic carbocycles. The molecule has 1 nitrogen and oxygen atoms in total. The number of nitrogens with one attached hydrogen (secondary N) is 1. The maximum Gasteiger partial charge on any atom is 0.00317 e. The van der Waals surface area contributed by atoms with Gasteiger partial charge in [0.05, 0.1) is 0 Å². The van der Waals surface area contributed by atoms with Crippen LogP contribution in [0.5, 0.6) is 0 Å². The highest BCUT2D eigenvalue weighted by atomic mass is 79.9. The van der Waals surface area contributed by atoms with Gasteiger partial charge in [0.2, 0.25) is 0 Å². The molecule has 0 unspecified atom stereocenters. The summed E-state index contributed by atoms with van der Waals surface area (Å²) in [6.45, 7) is 4.40. The van der Waals surface area contributed by atoms with Gasteiger partial charge in [-0.25, -0.2) is 0 Å². The molecule has 0 aromatic rings. The second-order valence-electron chi connectivity index (χ2n) is 1.75. The summed E-state index contributed by atoms with van der Waals surface area (Å²) in [6.07, 6.45) is 2.58. The fourth-order valence-electron chi connectivity index (χ4n) is 0.521. The van der Waals surface area contributed by atoms with Gasteiger partial charge in [-0.3, -0.25) is 0 Å². The standard InChI is InChI=1S/C6H14BrN/c1-2-8-6-4-3-5-7/h8H,2-6H2,1H3. The Morgan fingerprint density at radius 2 is 2.12 bits per heavy atom. The largest absolute Gasteiger partial charge is 0.317 e. The highest BCUT2D eigenvalue weighted by molar-refractivity contribution is 9.09. The molecular formula is C6H14BrN. The van der Waals surface area contributed by atoms with Crippen molar-refractivity contribution in [3.8, 4) is 0 Å². The van der Waals surface area contributed by atoms with Gasteiger partial charge in [-0.05, 0) is 25.9 Å². The third-order valence-electron chi connectivity index (χ3n) is 0.987. The summed E-state index contributed by atoms with van der Waals surface area (Å²) in [6, 6.07) is 0. The van der Waals surface area contributed by atoms with E-state index in [0.29, 0.717) is 0 Å². The van der Waals surface area contributed by atoms with Gasteiger partial charge >= 0.3 is 0 Å². The SMILES string of the molecule is CCNCCCCBr. The zero-order valence-electron chi connectivity index (χ0n) is 5.41. The monoisotopic (exact) mass is 179 g/mol. The lowest BCUT2D eigenvalue weighted by Crippen LogP contribution is -2.13. The van der Waals surface area contributed by atoms with Crippen LogP contribution in [0.1, 0.15) is 19.8 Å². The molecule has 1 N–H and O–H groups in total.